The van der Waals surface area contributed by atoms with Gasteiger partial charge in [0.1, 0.15) is 0 Å². The highest BCUT2D eigenvalue weighted by Gasteiger charge is 2.28. The van der Waals surface area contributed by atoms with Crippen LogP contribution in [0.1, 0.15) is 97.8 Å². The van der Waals surface area contributed by atoms with Gasteiger partial charge in [0.2, 0.25) is 0 Å². The summed E-state index contributed by atoms with van der Waals surface area (Å²) in [5.74, 6) is 0. The highest BCUT2D eigenvalue weighted by molar-refractivity contribution is 6.82. The molecule has 0 aromatic heterocycles. The molecule has 0 fully saturated rings. The minimum absolute atomic E-state index is 1.05. The van der Waals surface area contributed by atoms with E-state index >= 15 is 0 Å². The second-order valence-corrected chi connectivity index (χ2v) is 12.8. The third-order valence-corrected chi connectivity index (χ3v) is 10.8. The van der Waals surface area contributed by atoms with Crippen LogP contribution in [0.2, 0.25) is 24.2 Å². The van der Waals surface area contributed by atoms with Crippen molar-refractivity contribution in [3.05, 3.63) is 12.7 Å². The normalized spacial score (nSPS) is 12.1. The van der Waals surface area contributed by atoms with E-state index in [1.165, 1.54) is 101 Å². The summed E-state index contributed by atoms with van der Waals surface area (Å²) in [5.41, 5.74) is 0. The minimum atomic E-state index is -1.16. The highest BCUT2D eigenvalue weighted by Crippen LogP contribution is 2.28. The van der Waals surface area contributed by atoms with Gasteiger partial charge in [0.15, 0.2) is 0 Å². The first-order chi connectivity index (χ1) is 12.2. The van der Waals surface area contributed by atoms with Crippen LogP contribution in [0.3, 0.4) is 0 Å². The predicted molar refractivity (Wildman–Crippen MR) is 121 cm³/mol. The molecule has 0 aliphatic carbocycles. The topological polar surface area (TPSA) is 12.4 Å². The summed E-state index contributed by atoms with van der Waals surface area (Å²) in [7, 11) is -1.16. The van der Waals surface area contributed by atoms with Crippen molar-refractivity contribution >= 4 is 14.3 Å². The summed E-state index contributed by atoms with van der Waals surface area (Å²) in [4.78, 5) is 4.75. The molecule has 0 heterocycles. The third-order valence-electron chi connectivity index (χ3n) is 5.43. The summed E-state index contributed by atoms with van der Waals surface area (Å²) < 4.78 is 0. The van der Waals surface area contributed by atoms with E-state index in [-0.39, 0.29) is 0 Å². The molecule has 0 aromatic carbocycles. The summed E-state index contributed by atoms with van der Waals surface area (Å²) in [6.07, 6.45) is 21.2. The van der Waals surface area contributed by atoms with E-state index < -0.39 is 8.07 Å². The van der Waals surface area contributed by atoms with Crippen LogP contribution in [0, 0.1) is 0 Å². The molecule has 0 aliphatic heterocycles. The van der Waals surface area contributed by atoms with Crippen LogP contribution in [0.5, 0.6) is 0 Å². The smallest absolute Gasteiger partial charge is 0.0626 e. The van der Waals surface area contributed by atoms with Gasteiger partial charge < -0.3 is 0 Å². The van der Waals surface area contributed by atoms with Gasteiger partial charge >= 0.3 is 0 Å². The van der Waals surface area contributed by atoms with Gasteiger partial charge in [-0.2, -0.15) is 0 Å². The average Bonchev–Trinajstić information content (AvgIpc) is 2.60. The molecule has 0 spiro atoms. The number of allylic oxidation sites excluding steroid dienone is 1. The largest absolute Gasteiger partial charge is 0.298 e. The molecule has 148 valence electrons. The van der Waals surface area contributed by atoms with Gasteiger partial charge in [-0.15, -0.1) is 6.58 Å². The molecular formula is C23H47NSi. The first-order valence-electron chi connectivity index (χ1n) is 11.3. The molecule has 0 saturated carbocycles. The Balaban J connectivity index is 3.73. The van der Waals surface area contributed by atoms with Gasteiger partial charge in [0, 0.05) is 6.54 Å². The Hall–Kier alpha value is -0.373. The molecule has 2 heteroatoms. The van der Waals surface area contributed by atoms with E-state index in [0.717, 1.165) is 6.54 Å². The number of hydrogen-bond donors (Lipinski definition) is 0. The molecule has 0 aromatic rings. The Morgan fingerprint density at radius 2 is 1.20 bits per heavy atom. The average molecular weight is 366 g/mol. The Bertz CT molecular complexity index is 305. The van der Waals surface area contributed by atoms with Gasteiger partial charge in [-0.05, 0) is 24.7 Å². The van der Waals surface area contributed by atoms with Crippen LogP contribution in [0.4, 0.5) is 0 Å². The van der Waals surface area contributed by atoms with Crippen LogP contribution in [0.15, 0.2) is 17.6 Å². The number of hydrogen-bond acceptors (Lipinski definition) is 1. The molecule has 0 amide bonds. The summed E-state index contributed by atoms with van der Waals surface area (Å²) in [6.45, 7) is 12.0. The lowest BCUT2D eigenvalue weighted by Crippen LogP contribution is -2.33. The summed E-state index contributed by atoms with van der Waals surface area (Å²) >= 11 is 0. The molecule has 0 unspecified atom stereocenters. The van der Waals surface area contributed by atoms with Crippen molar-refractivity contribution in [2.45, 2.75) is 122 Å². The predicted octanol–water partition coefficient (Wildman–Crippen LogP) is 8.43. The minimum Gasteiger partial charge on any atom is -0.298 e. The fourth-order valence-corrected chi connectivity index (χ4v) is 8.51. The molecule has 1 nitrogen and oxygen atoms in total. The monoisotopic (exact) mass is 365 g/mol. The maximum Gasteiger partial charge on any atom is 0.0626 e. The van der Waals surface area contributed by atoms with Gasteiger partial charge in [0.25, 0.3) is 0 Å². The van der Waals surface area contributed by atoms with Gasteiger partial charge in [-0.3, -0.25) is 4.99 Å². The number of unbranched alkanes of at least 4 members (excludes halogenated alkanes) is 9. The zero-order chi connectivity index (χ0) is 18.6. The molecule has 25 heavy (non-hydrogen) atoms. The Morgan fingerprint density at radius 3 is 1.68 bits per heavy atom. The molecular weight excluding hydrogens is 318 g/mol. The molecule has 0 radical (unpaired) electrons. The molecule has 0 bridgehead atoms. The number of rotatable bonds is 19. The Morgan fingerprint density at radius 1 is 0.680 bits per heavy atom. The van der Waals surface area contributed by atoms with Crippen LogP contribution >= 0.6 is 0 Å². The zero-order valence-corrected chi connectivity index (χ0v) is 18.8. The van der Waals surface area contributed by atoms with Gasteiger partial charge in [0.05, 0.1) is 8.07 Å². The van der Waals surface area contributed by atoms with Crippen molar-refractivity contribution in [3.63, 3.8) is 0 Å². The van der Waals surface area contributed by atoms with Crippen molar-refractivity contribution in [2.24, 2.45) is 4.99 Å². The van der Waals surface area contributed by atoms with E-state index in [1.807, 2.05) is 0 Å². The van der Waals surface area contributed by atoms with Crippen LogP contribution in [-0.4, -0.2) is 20.8 Å². The fraction of sp³-hybridized carbons (Fsp3) is 0.870. The maximum absolute atomic E-state index is 4.75. The Kier molecular flexibility index (Phi) is 18.1. The third kappa shape index (κ3) is 14.5. The second kappa shape index (κ2) is 18.4. The first-order valence-corrected chi connectivity index (χ1v) is 14.2. The lowest BCUT2D eigenvalue weighted by atomic mass is 10.1. The summed E-state index contributed by atoms with van der Waals surface area (Å²) in [6, 6.07) is 5.44. The molecule has 0 saturated heterocycles. The Labute approximate surface area is 160 Å². The molecule has 0 atom stereocenters. The fourth-order valence-electron chi connectivity index (χ4n) is 4.02. The summed E-state index contributed by atoms with van der Waals surface area (Å²) in [5, 5.41) is 0. The van der Waals surface area contributed by atoms with Crippen molar-refractivity contribution in [1.29, 1.82) is 0 Å². The highest BCUT2D eigenvalue weighted by atomic mass is 28.3. The lowest BCUT2D eigenvalue weighted by Gasteiger charge is -2.28. The van der Waals surface area contributed by atoms with Crippen LogP contribution in [-0.2, 0) is 0 Å². The number of aliphatic imine (C=N–C) groups is 1. The van der Waals surface area contributed by atoms with Crippen molar-refractivity contribution < 1.29 is 0 Å². The van der Waals surface area contributed by atoms with Crippen molar-refractivity contribution in [1.82, 2.24) is 0 Å². The van der Waals surface area contributed by atoms with Crippen molar-refractivity contribution in [3.8, 4) is 0 Å². The maximum atomic E-state index is 4.75. The SMILES string of the molecule is C=CC[Si](CC=NCCCCCCCCCCCC)(CCC)CCC. The van der Waals surface area contributed by atoms with Crippen LogP contribution < -0.4 is 0 Å². The van der Waals surface area contributed by atoms with E-state index in [4.69, 9.17) is 4.99 Å². The van der Waals surface area contributed by atoms with Gasteiger partial charge in [-0.1, -0.05) is 110 Å². The van der Waals surface area contributed by atoms with E-state index in [9.17, 15) is 0 Å². The lowest BCUT2D eigenvalue weighted by molar-refractivity contribution is 0.558. The van der Waals surface area contributed by atoms with E-state index in [2.05, 4.69) is 39.6 Å². The van der Waals surface area contributed by atoms with E-state index in [1.54, 1.807) is 0 Å². The molecule has 0 rings (SSSR count). The van der Waals surface area contributed by atoms with Gasteiger partial charge in [-0.25, -0.2) is 0 Å². The quantitative estimate of drug-likeness (QED) is 0.0942. The number of nitrogens with zero attached hydrogens (tertiary/aromatic N) is 1. The standard InChI is InChI=1S/C23H47NSi/c1-5-9-10-11-12-13-14-15-16-17-18-24-19-23-25(20-6-2,21-7-3)22-8-4/h6,19H,2,5,7-18,20-23H2,1,3-4H3. The van der Waals surface area contributed by atoms with E-state index in [0.29, 0.717) is 0 Å². The first kappa shape index (κ1) is 24.6. The van der Waals surface area contributed by atoms with Crippen molar-refractivity contribution in [2.75, 3.05) is 6.54 Å². The second-order valence-electron chi connectivity index (χ2n) is 7.97. The molecule has 0 N–H and O–H groups in total. The zero-order valence-electron chi connectivity index (χ0n) is 17.8. The van der Waals surface area contributed by atoms with Crippen LogP contribution in [0.25, 0.3) is 0 Å². The molecule has 0 aliphatic rings.